The molecule has 2 aliphatic rings. The average Bonchev–Trinajstić information content (AvgIpc) is 2.89. The van der Waals surface area contributed by atoms with Gasteiger partial charge in [0.2, 0.25) is 0 Å². The maximum Gasteiger partial charge on any atom is 0.0593 e. The molecule has 0 spiro atoms. The molecule has 16 heavy (non-hydrogen) atoms. The molecule has 2 aliphatic carbocycles. The minimum Gasteiger partial charge on any atom is -0.380 e. The van der Waals surface area contributed by atoms with Gasteiger partial charge in [-0.3, -0.25) is 4.90 Å². The van der Waals surface area contributed by atoms with Crippen molar-refractivity contribution in [1.82, 2.24) is 4.90 Å². The second-order valence-corrected chi connectivity index (χ2v) is 5.51. The predicted molar refractivity (Wildman–Crippen MR) is 66.4 cm³/mol. The highest BCUT2D eigenvalue weighted by Crippen LogP contribution is 2.52. The summed E-state index contributed by atoms with van der Waals surface area (Å²) in [5.74, 6) is 1.79. The highest BCUT2D eigenvalue weighted by Gasteiger charge is 2.51. The Balaban J connectivity index is 1.93. The molecule has 2 fully saturated rings. The number of hydrogen-bond acceptors (Lipinski definition) is 3. The normalized spacial score (nSPS) is 37.5. The Labute approximate surface area is 99.3 Å². The van der Waals surface area contributed by atoms with E-state index in [0.717, 1.165) is 38.1 Å². The van der Waals surface area contributed by atoms with Gasteiger partial charge < -0.3 is 10.5 Å². The standard InChI is InChI=1S/C13H26N2O/c1-3-16-7-6-15(2)13(10-14)9-11-4-5-12(13)8-11/h11-12H,3-10,14H2,1-2H3. The zero-order chi connectivity index (χ0) is 11.6. The van der Waals surface area contributed by atoms with Crippen LogP contribution in [0.1, 0.15) is 32.6 Å². The molecule has 2 N–H and O–H groups in total. The van der Waals surface area contributed by atoms with E-state index in [2.05, 4.69) is 18.9 Å². The van der Waals surface area contributed by atoms with E-state index in [0.29, 0.717) is 5.54 Å². The molecule has 94 valence electrons. The Bertz CT molecular complexity index is 234. The summed E-state index contributed by atoms with van der Waals surface area (Å²) in [7, 11) is 2.23. The van der Waals surface area contributed by atoms with E-state index in [9.17, 15) is 0 Å². The first kappa shape index (κ1) is 12.3. The van der Waals surface area contributed by atoms with Crippen molar-refractivity contribution in [3.05, 3.63) is 0 Å². The highest BCUT2D eigenvalue weighted by molar-refractivity contribution is 5.07. The summed E-state index contributed by atoms with van der Waals surface area (Å²) in [6, 6.07) is 0. The van der Waals surface area contributed by atoms with E-state index in [1.54, 1.807) is 0 Å². The minimum absolute atomic E-state index is 0.292. The monoisotopic (exact) mass is 226 g/mol. The van der Waals surface area contributed by atoms with Crippen LogP contribution in [0, 0.1) is 11.8 Å². The summed E-state index contributed by atoms with van der Waals surface area (Å²) in [5.41, 5.74) is 6.37. The maximum absolute atomic E-state index is 6.08. The largest absolute Gasteiger partial charge is 0.380 e. The van der Waals surface area contributed by atoms with Crippen molar-refractivity contribution in [3.63, 3.8) is 0 Å². The van der Waals surface area contributed by atoms with Gasteiger partial charge in [-0.25, -0.2) is 0 Å². The van der Waals surface area contributed by atoms with Crippen molar-refractivity contribution in [2.45, 2.75) is 38.1 Å². The number of ether oxygens (including phenoxy) is 1. The van der Waals surface area contributed by atoms with Gasteiger partial charge in [-0.1, -0.05) is 6.42 Å². The molecule has 0 heterocycles. The van der Waals surface area contributed by atoms with Gasteiger partial charge in [0.05, 0.1) is 6.61 Å². The van der Waals surface area contributed by atoms with E-state index < -0.39 is 0 Å². The molecule has 3 unspecified atom stereocenters. The first-order valence-corrected chi connectivity index (χ1v) is 6.72. The molecule has 0 aromatic carbocycles. The Morgan fingerprint density at radius 2 is 2.25 bits per heavy atom. The van der Waals surface area contributed by atoms with Gasteiger partial charge in [-0.05, 0) is 45.1 Å². The van der Waals surface area contributed by atoms with Crippen molar-refractivity contribution in [2.24, 2.45) is 17.6 Å². The summed E-state index contributed by atoms with van der Waals surface area (Å²) in [4.78, 5) is 2.48. The lowest BCUT2D eigenvalue weighted by Crippen LogP contribution is -2.56. The van der Waals surface area contributed by atoms with E-state index in [-0.39, 0.29) is 0 Å². The number of rotatable bonds is 6. The Morgan fingerprint density at radius 1 is 1.44 bits per heavy atom. The molecule has 2 saturated carbocycles. The fraction of sp³-hybridized carbons (Fsp3) is 1.00. The van der Waals surface area contributed by atoms with Gasteiger partial charge in [0, 0.05) is 25.2 Å². The molecule has 2 bridgehead atoms. The van der Waals surface area contributed by atoms with Crippen molar-refractivity contribution in [1.29, 1.82) is 0 Å². The van der Waals surface area contributed by atoms with E-state index in [1.807, 2.05) is 0 Å². The fourth-order valence-corrected chi connectivity index (χ4v) is 3.86. The van der Waals surface area contributed by atoms with Crippen LogP contribution in [0.5, 0.6) is 0 Å². The number of likely N-dealkylation sites (N-methyl/N-ethyl adjacent to an activating group) is 1. The van der Waals surface area contributed by atoms with Crippen molar-refractivity contribution < 1.29 is 4.74 Å². The number of hydrogen-bond donors (Lipinski definition) is 1. The van der Waals surface area contributed by atoms with Gasteiger partial charge in [0.1, 0.15) is 0 Å². The lowest BCUT2D eigenvalue weighted by molar-refractivity contribution is 0.0340. The molecule has 3 heteroatoms. The molecular formula is C13H26N2O. The van der Waals surface area contributed by atoms with Gasteiger partial charge >= 0.3 is 0 Å². The number of nitrogens with two attached hydrogens (primary N) is 1. The molecule has 0 aliphatic heterocycles. The molecule has 0 aromatic rings. The van der Waals surface area contributed by atoms with Crippen LogP contribution in [-0.4, -0.2) is 43.8 Å². The summed E-state index contributed by atoms with van der Waals surface area (Å²) in [6.45, 7) is 5.54. The van der Waals surface area contributed by atoms with Crippen molar-refractivity contribution >= 4 is 0 Å². The molecule has 0 aromatic heterocycles. The van der Waals surface area contributed by atoms with Crippen LogP contribution < -0.4 is 5.73 Å². The Morgan fingerprint density at radius 3 is 2.75 bits per heavy atom. The highest BCUT2D eigenvalue weighted by atomic mass is 16.5. The summed E-state index contributed by atoms with van der Waals surface area (Å²) < 4.78 is 5.45. The van der Waals surface area contributed by atoms with Gasteiger partial charge in [0.15, 0.2) is 0 Å². The second kappa shape index (κ2) is 5.03. The minimum atomic E-state index is 0.292. The van der Waals surface area contributed by atoms with Crippen molar-refractivity contribution in [2.75, 3.05) is 33.4 Å². The maximum atomic E-state index is 6.08. The quantitative estimate of drug-likeness (QED) is 0.697. The van der Waals surface area contributed by atoms with Crippen LogP contribution in [0.4, 0.5) is 0 Å². The third kappa shape index (κ3) is 2.01. The van der Waals surface area contributed by atoms with Gasteiger partial charge in [0.25, 0.3) is 0 Å². The second-order valence-electron chi connectivity index (χ2n) is 5.51. The van der Waals surface area contributed by atoms with Gasteiger partial charge in [-0.15, -0.1) is 0 Å². The first-order chi connectivity index (χ1) is 7.73. The number of nitrogens with zero attached hydrogens (tertiary/aromatic N) is 1. The summed E-state index contributed by atoms with van der Waals surface area (Å²) in [5, 5.41) is 0. The molecule has 0 radical (unpaired) electrons. The molecule has 3 nitrogen and oxygen atoms in total. The van der Waals surface area contributed by atoms with Gasteiger partial charge in [-0.2, -0.15) is 0 Å². The van der Waals surface area contributed by atoms with Crippen LogP contribution in [0.3, 0.4) is 0 Å². The summed E-state index contributed by atoms with van der Waals surface area (Å²) in [6.07, 6.45) is 5.56. The van der Waals surface area contributed by atoms with Crippen LogP contribution in [0.2, 0.25) is 0 Å². The third-order valence-corrected chi connectivity index (χ3v) is 4.83. The van der Waals surface area contributed by atoms with Crippen LogP contribution in [-0.2, 0) is 4.74 Å². The zero-order valence-electron chi connectivity index (χ0n) is 10.7. The Hall–Kier alpha value is -0.120. The SMILES string of the molecule is CCOCCN(C)C1(CN)CC2CCC1C2. The smallest absolute Gasteiger partial charge is 0.0593 e. The predicted octanol–water partition coefficient (Wildman–Crippen LogP) is 1.47. The van der Waals surface area contributed by atoms with Crippen molar-refractivity contribution in [3.8, 4) is 0 Å². The topological polar surface area (TPSA) is 38.5 Å². The van der Waals surface area contributed by atoms with Crippen LogP contribution in [0.25, 0.3) is 0 Å². The number of fused-ring (bicyclic) bond motifs is 2. The van der Waals surface area contributed by atoms with Crippen LogP contribution >= 0.6 is 0 Å². The average molecular weight is 226 g/mol. The molecule has 0 amide bonds. The molecule has 3 atom stereocenters. The van der Waals surface area contributed by atoms with E-state index >= 15 is 0 Å². The Kier molecular flexibility index (Phi) is 3.88. The molecule has 0 saturated heterocycles. The van der Waals surface area contributed by atoms with Crippen LogP contribution in [0.15, 0.2) is 0 Å². The van der Waals surface area contributed by atoms with E-state index in [4.69, 9.17) is 10.5 Å². The molecule has 2 rings (SSSR count). The lowest BCUT2D eigenvalue weighted by atomic mass is 9.79. The molecular weight excluding hydrogens is 200 g/mol. The third-order valence-electron chi connectivity index (χ3n) is 4.83. The summed E-state index contributed by atoms with van der Waals surface area (Å²) >= 11 is 0. The first-order valence-electron chi connectivity index (χ1n) is 6.72. The van der Waals surface area contributed by atoms with E-state index in [1.165, 1.54) is 25.7 Å². The fourth-order valence-electron chi connectivity index (χ4n) is 3.86. The lowest BCUT2D eigenvalue weighted by Gasteiger charge is -2.44. The zero-order valence-corrected chi connectivity index (χ0v) is 10.7.